The van der Waals surface area contributed by atoms with Crippen molar-refractivity contribution >= 4 is 22.7 Å². The van der Waals surface area contributed by atoms with Crippen LogP contribution in [-0.4, -0.2) is 53.0 Å². The van der Waals surface area contributed by atoms with Crippen LogP contribution < -0.4 is 10.7 Å². The Morgan fingerprint density at radius 1 is 1.15 bits per heavy atom. The SMILES string of the molecule is Cn1c(=O)oc2cc(C(=O)CN3CCN(c4ccccc4)CC3)cnc21. The smallest absolute Gasteiger partial charge is 0.406 e. The molecule has 7 heteroatoms. The third kappa shape index (κ3) is 3.13. The van der Waals surface area contributed by atoms with E-state index in [0.717, 1.165) is 26.2 Å². The summed E-state index contributed by atoms with van der Waals surface area (Å²) >= 11 is 0. The van der Waals surface area contributed by atoms with E-state index in [1.54, 1.807) is 13.1 Å². The molecular formula is C19H20N4O3. The molecule has 0 atom stereocenters. The first-order valence-corrected chi connectivity index (χ1v) is 8.63. The number of hydrogen-bond acceptors (Lipinski definition) is 6. The number of rotatable bonds is 4. The maximum absolute atomic E-state index is 12.6. The first kappa shape index (κ1) is 16.5. The van der Waals surface area contributed by atoms with Crippen LogP contribution in [0.1, 0.15) is 10.4 Å². The fourth-order valence-corrected chi connectivity index (χ4v) is 3.26. The van der Waals surface area contributed by atoms with Gasteiger partial charge in [-0.25, -0.2) is 9.78 Å². The van der Waals surface area contributed by atoms with Crippen LogP contribution in [0.2, 0.25) is 0 Å². The summed E-state index contributed by atoms with van der Waals surface area (Å²) < 4.78 is 6.44. The molecule has 1 fully saturated rings. The molecule has 3 heterocycles. The van der Waals surface area contributed by atoms with Crippen molar-refractivity contribution in [2.24, 2.45) is 7.05 Å². The molecule has 0 saturated carbocycles. The normalized spacial score (nSPS) is 15.5. The van der Waals surface area contributed by atoms with Gasteiger partial charge in [-0.2, -0.15) is 0 Å². The van der Waals surface area contributed by atoms with Crippen LogP contribution in [-0.2, 0) is 7.05 Å². The van der Waals surface area contributed by atoms with E-state index < -0.39 is 5.76 Å². The largest absolute Gasteiger partial charge is 0.420 e. The average Bonchev–Trinajstić information content (AvgIpc) is 2.96. The van der Waals surface area contributed by atoms with Crippen LogP contribution in [0.4, 0.5) is 5.69 Å². The Morgan fingerprint density at radius 2 is 1.88 bits per heavy atom. The molecule has 3 aromatic rings. The van der Waals surface area contributed by atoms with Crippen molar-refractivity contribution in [3.05, 3.63) is 58.7 Å². The molecule has 0 spiro atoms. The lowest BCUT2D eigenvalue weighted by atomic mass is 10.1. The van der Waals surface area contributed by atoms with Crippen molar-refractivity contribution in [3.63, 3.8) is 0 Å². The third-order valence-corrected chi connectivity index (χ3v) is 4.80. The fraction of sp³-hybridized carbons (Fsp3) is 0.316. The summed E-state index contributed by atoms with van der Waals surface area (Å²) in [5, 5.41) is 0. The molecule has 0 amide bonds. The van der Waals surface area contributed by atoms with Gasteiger partial charge in [0.1, 0.15) is 0 Å². The minimum atomic E-state index is -0.478. The summed E-state index contributed by atoms with van der Waals surface area (Å²) in [6, 6.07) is 11.9. The molecule has 1 saturated heterocycles. The summed E-state index contributed by atoms with van der Waals surface area (Å²) in [5.41, 5.74) is 2.48. The van der Waals surface area contributed by atoms with Gasteiger partial charge in [0.05, 0.1) is 6.54 Å². The van der Waals surface area contributed by atoms with Gasteiger partial charge in [-0.1, -0.05) is 18.2 Å². The molecule has 1 aliphatic heterocycles. The molecule has 1 aromatic carbocycles. The van der Waals surface area contributed by atoms with E-state index in [1.807, 2.05) is 18.2 Å². The number of fused-ring (bicyclic) bond motifs is 1. The van der Waals surface area contributed by atoms with Gasteiger partial charge in [-0.3, -0.25) is 14.3 Å². The number of pyridine rings is 1. The Hall–Kier alpha value is -2.93. The number of oxazole rings is 1. The van der Waals surface area contributed by atoms with Crippen molar-refractivity contribution in [1.29, 1.82) is 0 Å². The Bertz CT molecular complexity index is 985. The van der Waals surface area contributed by atoms with Crippen molar-refractivity contribution < 1.29 is 9.21 Å². The van der Waals surface area contributed by atoms with E-state index in [0.29, 0.717) is 23.3 Å². The number of aryl methyl sites for hydroxylation is 1. The molecule has 134 valence electrons. The van der Waals surface area contributed by atoms with Crippen LogP contribution >= 0.6 is 0 Å². The van der Waals surface area contributed by atoms with Gasteiger partial charge in [-0.15, -0.1) is 0 Å². The molecule has 26 heavy (non-hydrogen) atoms. The number of benzene rings is 1. The molecule has 2 aromatic heterocycles. The number of carbonyl (C=O) groups is 1. The highest BCUT2D eigenvalue weighted by atomic mass is 16.4. The van der Waals surface area contributed by atoms with Gasteiger partial charge in [0.2, 0.25) is 0 Å². The van der Waals surface area contributed by atoms with Crippen LogP contribution in [0.5, 0.6) is 0 Å². The first-order valence-electron chi connectivity index (χ1n) is 8.63. The quantitative estimate of drug-likeness (QED) is 0.663. The number of Topliss-reactive ketones (excluding diaryl/α,β-unsaturated/α-hetero) is 1. The molecule has 0 unspecified atom stereocenters. The van der Waals surface area contributed by atoms with Crippen LogP contribution in [0.25, 0.3) is 11.2 Å². The van der Waals surface area contributed by atoms with Gasteiger partial charge < -0.3 is 9.32 Å². The summed E-state index contributed by atoms with van der Waals surface area (Å²) in [6.07, 6.45) is 1.51. The van der Waals surface area contributed by atoms with E-state index in [4.69, 9.17) is 4.42 Å². The lowest BCUT2D eigenvalue weighted by molar-refractivity contribution is 0.0926. The number of piperazine rings is 1. The first-order chi connectivity index (χ1) is 12.6. The number of ketones is 1. The van der Waals surface area contributed by atoms with Crippen molar-refractivity contribution in [1.82, 2.24) is 14.5 Å². The number of para-hydroxylation sites is 1. The van der Waals surface area contributed by atoms with E-state index in [-0.39, 0.29) is 5.78 Å². The highest BCUT2D eigenvalue weighted by molar-refractivity contribution is 5.99. The highest BCUT2D eigenvalue weighted by Gasteiger charge is 2.20. The Labute approximate surface area is 150 Å². The van der Waals surface area contributed by atoms with Crippen LogP contribution in [0.3, 0.4) is 0 Å². The van der Waals surface area contributed by atoms with Crippen molar-refractivity contribution in [2.75, 3.05) is 37.6 Å². The number of anilines is 1. The number of hydrogen-bond donors (Lipinski definition) is 0. The lowest BCUT2D eigenvalue weighted by Crippen LogP contribution is -2.48. The topological polar surface area (TPSA) is 71.6 Å². The summed E-state index contributed by atoms with van der Waals surface area (Å²) in [7, 11) is 1.59. The average molecular weight is 352 g/mol. The number of aromatic nitrogens is 2. The Morgan fingerprint density at radius 3 is 2.62 bits per heavy atom. The molecule has 0 bridgehead atoms. The highest BCUT2D eigenvalue weighted by Crippen LogP contribution is 2.16. The van der Waals surface area contributed by atoms with Gasteiger partial charge in [-0.05, 0) is 18.2 Å². The second kappa shape index (κ2) is 6.76. The predicted octanol–water partition coefficient (Wildman–Crippen LogP) is 1.53. The third-order valence-electron chi connectivity index (χ3n) is 4.80. The lowest BCUT2D eigenvalue weighted by Gasteiger charge is -2.35. The molecule has 7 nitrogen and oxygen atoms in total. The van der Waals surface area contributed by atoms with E-state index in [9.17, 15) is 9.59 Å². The summed E-state index contributed by atoms with van der Waals surface area (Å²) in [5.74, 6) is -0.492. The van der Waals surface area contributed by atoms with Gasteiger partial charge in [0, 0.05) is 50.7 Å². The molecular weight excluding hydrogens is 332 g/mol. The minimum Gasteiger partial charge on any atom is -0.406 e. The maximum Gasteiger partial charge on any atom is 0.420 e. The molecule has 4 rings (SSSR count). The number of nitrogens with zero attached hydrogens (tertiary/aromatic N) is 4. The predicted molar refractivity (Wildman–Crippen MR) is 98.7 cm³/mol. The van der Waals surface area contributed by atoms with Crippen molar-refractivity contribution in [3.8, 4) is 0 Å². The standard InChI is InChI=1S/C19H20N4O3/c1-21-18-17(26-19(21)25)11-14(12-20-18)16(24)13-22-7-9-23(10-8-22)15-5-3-2-4-6-15/h2-6,11-12H,7-10,13H2,1H3. The van der Waals surface area contributed by atoms with E-state index in [2.05, 4.69) is 26.9 Å². The van der Waals surface area contributed by atoms with Gasteiger partial charge in [0.25, 0.3) is 0 Å². The monoisotopic (exact) mass is 352 g/mol. The molecule has 0 radical (unpaired) electrons. The second-order valence-electron chi connectivity index (χ2n) is 6.49. The summed E-state index contributed by atoms with van der Waals surface area (Å²) in [4.78, 5) is 32.8. The van der Waals surface area contributed by atoms with E-state index in [1.165, 1.54) is 16.5 Å². The van der Waals surface area contributed by atoms with E-state index >= 15 is 0 Å². The van der Waals surface area contributed by atoms with Gasteiger partial charge >= 0.3 is 5.76 Å². The zero-order valence-electron chi connectivity index (χ0n) is 14.6. The minimum absolute atomic E-state index is 0.0148. The molecule has 0 N–H and O–H groups in total. The van der Waals surface area contributed by atoms with Crippen LogP contribution in [0, 0.1) is 0 Å². The van der Waals surface area contributed by atoms with Crippen molar-refractivity contribution in [2.45, 2.75) is 0 Å². The van der Waals surface area contributed by atoms with Gasteiger partial charge in [0.15, 0.2) is 17.0 Å². The summed E-state index contributed by atoms with van der Waals surface area (Å²) in [6.45, 7) is 3.78. The Balaban J connectivity index is 1.40. The maximum atomic E-state index is 12.6. The Kier molecular flexibility index (Phi) is 4.30. The molecule has 1 aliphatic rings. The zero-order chi connectivity index (χ0) is 18.1. The molecule has 0 aliphatic carbocycles. The second-order valence-corrected chi connectivity index (χ2v) is 6.49. The zero-order valence-corrected chi connectivity index (χ0v) is 14.6. The number of carbonyl (C=O) groups excluding carboxylic acids is 1. The fourth-order valence-electron chi connectivity index (χ4n) is 3.26. The van der Waals surface area contributed by atoms with Crippen LogP contribution in [0.15, 0.2) is 51.8 Å².